The number of ether oxygens (including phenoxy) is 1. The molecule has 0 saturated heterocycles. The zero-order valence-electron chi connectivity index (χ0n) is 14.3. The molecular formula is C16H13F4N5O3. The Morgan fingerprint density at radius 3 is 2.82 bits per heavy atom. The Bertz CT molecular complexity index is 966. The van der Waals surface area contributed by atoms with Crippen LogP contribution in [0.25, 0.3) is 11.4 Å². The normalized spacial score (nSPS) is 11.5. The molecule has 1 amide bonds. The van der Waals surface area contributed by atoms with Crippen molar-refractivity contribution < 1.29 is 31.6 Å². The van der Waals surface area contributed by atoms with Crippen molar-refractivity contribution in [3.8, 4) is 17.3 Å². The van der Waals surface area contributed by atoms with E-state index in [0.717, 1.165) is 12.3 Å². The van der Waals surface area contributed by atoms with E-state index in [9.17, 15) is 22.4 Å². The second-order valence-corrected chi connectivity index (χ2v) is 5.63. The Hall–Kier alpha value is -3.44. The highest BCUT2D eigenvalue weighted by Gasteiger charge is 2.28. The first-order valence-corrected chi connectivity index (χ1v) is 7.83. The summed E-state index contributed by atoms with van der Waals surface area (Å²) in [7, 11) is 0. The number of nitrogens with one attached hydrogen (secondary N) is 2. The van der Waals surface area contributed by atoms with E-state index in [-0.39, 0.29) is 18.2 Å². The molecule has 0 spiro atoms. The van der Waals surface area contributed by atoms with Crippen LogP contribution < -0.4 is 10.1 Å². The Morgan fingerprint density at radius 1 is 1.36 bits per heavy atom. The van der Waals surface area contributed by atoms with Gasteiger partial charge in [-0.3, -0.25) is 14.9 Å². The van der Waals surface area contributed by atoms with Crippen LogP contribution in [0.15, 0.2) is 28.9 Å². The summed E-state index contributed by atoms with van der Waals surface area (Å²) in [5.41, 5.74) is 1.04. The number of hydrogen-bond acceptors (Lipinski definition) is 6. The molecule has 0 aromatic carbocycles. The summed E-state index contributed by atoms with van der Waals surface area (Å²) in [4.78, 5) is 15.6. The van der Waals surface area contributed by atoms with E-state index in [4.69, 9.17) is 9.26 Å². The lowest BCUT2D eigenvalue weighted by Crippen LogP contribution is -2.33. The van der Waals surface area contributed by atoms with Crippen LogP contribution in [0.2, 0.25) is 0 Å². The SMILES string of the molecule is Cc1onc(-c2ccc(F)cn2)c1COc1cc(C(=O)NCC(F)(F)F)[nH]n1. The summed E-state index contributed by atoms with van der Waals surface area (Å²) in [5.74, 6) is -1.07. The van der Waals surface area contributed by atoms with Crippen LogP contribution in [-0.2, 0) is 6.61 Å². The van der Waals surface area contributed by atoms with Crippen molar-refractivity contribution in [2.24, 2.45) is 0 Å². The second-order valence-electron chi connectivity index (χ2n) is 5.63. The summed E-state index contributed by atoms with van der Waals surface area (Å²) >= 11 is 0. The summed E-state index contributed by atoms with van der Waals surface area (Å²) in [5, 5.41) is 11.6. The molecule has 2 N–H and O–H groups in total. The van der Waals surface area contributed by atoms with Crippen LogP contribution in [0.1, 0.15) is 21.8 Å². The van der Waals surface area contributed by atoms with Gasteiger partial charge < -0.3 is 14.6 Å². The van der Waals surface area contributed by atoms with Gasteiger partial charge in [0.15, 0.2) is 0 Å². The van der Waals surface area contributed by atoms with Gasteiger partial charge in [-0.15, -0.1) is 5.10 Å². The Balaban J connectivity index is 1.67. The molecule has 148 valence electrons. The standard InChI is InChI=1S/C16H13F4N5O3/c1-8-10(14(25-28-8)11-3-2-9(17)5-21-11)6-27-13-4-12(23-24-13)15(26)22-7-16(18,19)20/h2-5H,6-7H2,1H3,(H,22,26)(H,23,24). The van der Waals surface area contributed by atoms with Crippen LogP contribution >= 0.6 is 0 Å². The van der Waals surface area contributed by atoms with Crippen molar-refractivity contribution in [3.05, 3.63) is 47.2 Å². The average molecular weight is 399 g/mol. The van der Waals surface area contributed by atoms with Gasteiger partial charge >= 0.3 is 6.18 Å². The number of amides is 1. The molecule has 0 bridgehead atoms. The Labute approximate surface area is 154 Å². The maximum Gasteiger partial charge on any atom is 0.405 e. The molecule has 3 aromatic rings. The van der Waals surface area contributed by atoms with Crippen molar-refractivity contribution in [1.29, 1.82) is 0 Å². The predicted molar refractivity (Wildman–Crippen MR) is 85.7 cm³/mol. The summed E-state index contributed by atoms with van der Waals surface area (Å²) < 4.78 is 60.0. The van der Waals surface area contributed by atoms with Gasteiger partial charge in [-0.1, -0.05) is 5.16 Å². The molecule has 0 aliphatic heterocycles. The van der Waals surface area contributed by atoms with Gasteiger partial charge in [-0.2, -0.15) is 13.2 Å². The fraction of sp³-hybridized carbons (Fsp3) is 0.250. The number of carbonyl (C=O) groups is 1. The monoisotopic (exact) mass is 399 g/mol. The quantitative estimate of drug-likeness (QED) is 0.618. The minimum atomic E-state index is -4.52. The van der Waals surface area contributed by atoms with E-state index < -0.39 is 24.4 Å². The number of halogens is 4. The van der Waals surface area contributed by atoms with E-state index in [1.54, 1.807) is 12.2 Å². The van der Waals surface area contributed by atoms with Gasteiger partial charge in [0.2, 0.25) is 5.88 Å². The number of aryl methyl sites for hydroxylation is 1. The number of aromatic nitrogens is 4. The molecule has 0 unspecified atom stereocenters. The number of rotatable bonds is 6. The molecular weight excluding hydrogens is 386 g/mol. The zero-order valence-corrected chi connectivity index (χ0v) is 14.3. The summed E-state index contributed by atoms with van der Waals surface area (Å²) in [6, 6.07) is 3.80. The molecule has 0 saturated carbocycles. The maximum atomic E-state index is 13.0. The number of pyridine rings is 1. The van der Waals surface area contributed by atoms with Gasteiger partial charge in [-0.05, 0) is 19.1 Å². The molecule has 0 radical (unpaired) electrons. The molecule has 3 heterocycles. The highest BCUT2D eigenvalue weighted by molar-refractivity contribution is 5.92. The van der Waals surface area contributed by atoms with Crippen molar-refractivity contribution in [2.45, 2.75) is 19.7 Å². The molecule has 0 aliphatic carbocycles. The maximum absolute atomic E-state index is 13.0. The number of aromatic amines is 1. The lowest BCUT2D eigenvalue weighted by Gasteiger charge is -2.06. The summed E-state index contributed by atoms with van der Waals surface area (Å²) in [6.07, 6.45) is -3.49. The minimum absolute atomic E-state index is 0.0178. The Kier molecular flexibility index (Phi) is 5.29. The highest BCUT2D eigenvalue weighted by Crippen LogP contribution is 2.25. The van der Waals surface area contributed by atoms with Crippen LogP contribution in [0.5, 0.6) is 5.88 Å². The number of hydrogen-bond donors (Lipinski definition) is 2. The molecule has 8 nitrogen and oxygen atoms in total. The van der Waals surface area contributed by atoms with Crippen LogP contribution in [0.3, 0.4) is 0 Å². The van der Waals surface area contributed by atoms with Gasteiger partial charge in [0.1, 0.15) is 36.1 Å². The number of carbonyl (C=O) groups excluding carboxylic acids is 1. The van der Waals surface area contributed by atoms with Crippen LogP contribution in [-0.4, -0.2) is 39.0 Å². The average Bonchev–Trinajstić information content (AvgIpc) is 3.25. The zero-order chi connectivity index (χ0) is 20.3. The van der Waals surface area contributed by atoms with E-state index in [1.165, 1.54) is 12.1 Å². The minimum Gasteiger partial charge on any atom is -0.472 e. The number of H-pyrrole nitrogens is 1. The third-order valence-electron chi connectivity index (χ3n) is 3.57. The molecule has 28 heavy (non-hydrogen) atoms. The van der Waals surface area contributed by atoms with E-state index in [2.05, 4.69) is 20.3 Å². The summed E-state index contributed by atoms with van der Waals surface area (Å²) in [6.45, 7) is 0.104. The molecule has 0 aliphatic rings. The second kappa shape index (κ2) is 7.66. The first kappa shape index (κ1) is 19.3. The van der Waals surface area contributed by atoms with Crippen molar-refractivity contribution >= 4 is 5.91 Å². The largest absolute Gasteiger partial charge is 0.472 e. The fourth-order valence-corrected chi connectivity index (χ4v) is 2.19. The predicted octanol–water partition coefficient (Wildman–Crippen LogP) is 2.78. The molecule has 3 rings (SSSR count). The molecule has 0 atom stereocenters. The van der Waals surface area contributed by atoms with Crippen LogP contribution in [0.4, 0.5) is 17.6 Å². The van der Waals surface area contributed by atoms with Crippen molar-refractivity contribution in [2.75, 3.05) is 6.54 Å². The third-order valence-corrected chi connectivity index (χ3v) is 3.57. The lowest BCUT2D eigenvalue weighted by atomic mass is 10.1. The van der Waals surface area contributed by atoms with E-state index in [0.29, 0.717) is 22.7 Å². The van der Waals surface area contributed by atoms with Crippen molar-refractivity contribution in [1.82, 2.24) is 25.7 Å². The molecule has 0 fully saturated rings. The van der Waals surface area contributed by atoms with Gasteiger partial charge in [-0.25, -0.2) is 4.39 Å². The number of nitrogens with zero attached hydrogens (tertiary/aromatic N) is 3. The molecule has 12 heteroatoms. The molecule has 3 aromatic heterocycles. The third kappa shape index (κ3) is 4.64. The van der Waals surface area contributed by atoms with Crippen LogP contribution in [0, 0.1) is 12.7 Å². The van der Waals surface area contributed by atoms with Gasteiger partial charge in [0.25, 0.3) is 5.91 Å². The first-order chi connectivity index (χ1) is 13.2. The Morgan fingerprint density at radius 2 is 2.14 bits per heavy atom. The topological polar surface area (TPSA) is 106 Å². The fourth-order valence-electron chi connectivity index (χ4n) is 2.19. The van der Waals surface area contributed by atoms with E-state index >= 15 is 0 Å². The van der Waals surface area contributed by atoms with Crippen molar-refractivity contribution in [3.63, 3.8) is 0 Å². The smallest absolute Gasteiger partial charge is 0.405 e. The first-order valence-electron chi connectivity index (χ1n) is 7.83. The van der Waals surface area contributed by atoms with Gasteiger partial charge in [0.05, 0.1) is 17.5 Å². The highest BCUT2D eigenvalue weighted by atomic mass is 19.4. The van der Waals surface area contributed by atoms with E-state index in [1.807, 2.05) is 0 Å². The lowest BCUT2D eigenvalue weighted by molar-refractivity contribution is -0.123. The van der Waals surface area contributed by atoms with Gasteiger partial charge in [0, 0.05) is 6.07 Å². The number of alkyl halides is 3.